The summed E-state index contributed by atoms with van der Waals surface area (Å²) in [6.07, 6.45) is 1.65. The molecule has 9 nitrogen and oxygen atoms in total. The number of nitrogens with zero attached hydrogens (tertiary/aromatic N) is 4. The van der Waals surface area contributed by atoms with E-state index in [9.17, 15) is 4.79 Å². The first kappa shape index (κ1) is 20.1. The number of fused-ring (bicyclic) bond motifs is 2. The second-order valence-corrected chi connectivity index (χ2v) is 7.80. The van der Waals surface area contributed by atoms with Crippen LogP contribution in [0.3, 0.4) is 0 Å². The van der Waals surface area contributed by atoms with Crippen LogP contribution in [0.5, 0.6) is 17.2 Å². The molecule has 0 bridgehead atoms. The molecule has 1 aliphatic heterocycles. The number of methoxy groups -OCH3 is 1. The highest BCUT2D eigenvalue weighted by atomic mass is 32.2. The molecule has 0 N–H and O–H groups in total. The fourth-order valence-electron chi connectivity index (χ4n) is 3.31. The van der Waals surface area contributed by atoms with Crippen molar-refractivity contribution in [2.75, 3.05) is 13.9 Å². The maximum atomic E-state index is 13.1. The smallest absolute Gasteiger partial charge is 0.262 e. The van der Waals surface area contributed by atoms with Crippen molar-refractivity contribution in [1.82, 2.24) is 19.7 Å². The van der Waals surface area contributed by atoms with Crippen molar-refractivity contribution in [3.05, 3.63) is 65.3 Å². The Morgan fingerprint density at radius 3 is 2.88 bits per heavy atom. The van der Waals surface area contributed by atoms with Gasteiger partial charge in [-0.1, -0.05) is 35.1 Å². The minimum absolute atomic E-state index is 0.126. The van der Waals surface area contributed by atoms with Gasteiger partial charge in [-0.3, -0.25) is 9.36 Å². The molecule has 2 aromatic heterocycles. The predicted molar refractivity (Wildman–Crippen MR) is 118 cm³/mol. The van der Waals surface area contributed by atoms with E-state index in [0.717, 1.165) is 5.56 Å². The minimum Gasteiger partial charge on any atom is -0.497 e. The Bertz CT molecular complexity index is 1380. The first-order valence-electron chi connectivity index (χ1n) is 9.71. The lowest BCUT2D eigenvalue weighted by atomic mass is 10.2. The third-order valence-electron chi connectivity index (χ3n) is 4.85. The quantitative estimate of drug-likeness (QED) is 0.237. The van der Waals surface area contributed by atoms with Crippen molar-refractivity contribution >= 4 is 22.7 Å². The van der Waals surface area contributed by atoms with E-state index in [-0.39, 0.29) is 12.4 Å². The number of rotatable bonds is 7. The van der Waals surface area contributed by atoms with E-state index in [1.165, 1.54) is 11.8 Å². The minimum atomic E-state index is -0.182. The van der Waals surface area contributed by atoms with Gasteiger partial charge in [0.1, 0.15) is 5.75 Å². The molecule has 0 aliphatic carbocycles. The van der Waals surface area contributed by atoms with Gasteiger partial charge in [0, 0.05) is 18.2 Å². The summed E-state index contributed by atoms with van der Waals surface area (Å²) in [5, 5.41) is 5.02. The van der Waals surface area contributed by atoms with E-state index in [1.54, 1.807) is 29.9 Å². The Hall–Kier alpha value is -3.79. The molecule has 162 valence electrons. The van der Waals surface area contributed by atoms with Crippen LogP contribution in [0.15, 0.2) is 63.5 Å². The zero-order chi connectivity index (χ0) is 22.1. The van der Waals surface area contributed by atoms with E-state index in [0.29, 0.717) is 57.3 Å². The number of hydrogen-bond donors (Lipinski definition) is 0. The fraction of sp³-hybridized carbons (Fsp3) is 0.182. The average Bonchev–Trinajstić information content (AvgIpc) is 3.48. The van der Waals surface area contributed by atoms with Gasteiger partial charge in [-0.15, -0.1) is 6.58 Å². The number of allylic oxidation sites excluding steroid dienone is 1. The maximum absolute atomic E-state index is 13.1. The molecule has 0 spiro atoms. The van der Waals surface area contributed by atoms with Gasteiger partial charge in [-0.25, -0.2) is 4.98 Å². The Labute approximate surface area is 186 Å². The Balaban J connectivity index is 1.44. The molecule has 0 saturated carbocycles. The van der Waals surface area contributed by atoms with Crippen LogP contribution in [-0.2, 0) is 12.3 Å². The van der Waals surface area contributed by atoms with Crippen molar-refractivity contribution in [1.29, 1.82) is 0 Å². The summed E-state index contributed by atoms with van der Waals surface area (Å²) in [6, 6.07) is 10.8. The highest BCUT2D eigenvalue weighted by Crippen LogP contribution is 2.35. The second kappa shape index (κ2) is 8.39. The van der Waals surface area contributed by atoms with E-state index in [2.05, 4.69) is 21.7 Å². The molecule has 0 radical (unpaired) electrons. The molecule has 0 saturated heterocycles. The molecule has 10 heteroatoms. The van der Waals surface area contributed by atoms with E-state index >= 15 is 0 Å². The van der Waals surface area contributed by atoms with Gasteiger partial charge in [0.2, 0.25) is 18.5 Å². The summed E-state index contributed by atoms with van der Waals surface area (Å²) in [5.74, 6) is 3.04. The summed E-state index contributed by atoms with van der Waals surface area (Å²) in [6.45, 7) is 4.20. The fourth-order valence-corrected chi connectivity index (χ4v) is 4.16. The highest BCUT2D eigenvalue weighted by Gasteiger charge is 2.19. The van der Waals surface area contributed by atoms with E-state index in [4.69, 9.17) is 18.7 Å². The van der Waals surface area contributed by atoms with Crippen molar-refractivity contribution in [2.45, 2.75) is 17.5 Å². The summed E-state index contributed by atoms with van der Waals surface area (Å²) in [7, 11) is 1.60. The lowest BCUT2D eigenvalue weighted by Crippen LogP contribution is -2.22. The molecule has 32 heavy (non-hydrogen) atoms. The van der Waals surface area contributed by atoms with Gasteiger partial charge >= 0.3 is 0 Å². The molecular weight excluding hydrogens is 432 g/mol. The van der Waals surface area contributed by atoms with Gasteiger partial charge in [0.15, 0.2) is 16.7 Å². The topological polar surface area (TPSA) is 102 Å². The first-order chi connectivity index (χ1) is 15.7. The number of hydrogen-bond acceptors (Lipinski definition) is 9. The Morgan fingerprint density at radius 1 is 1.22 bits per heavy atom. The first-order valence-corrected chi connectivity index (χ1v) is 10.7. The van der Waals surface area contributed by atoms with Crippen molar-refractivity contribution in [2.24, 2.45) is 0 Å². The molecule has 5 rings (SSSR count). The predicted octanol–water partition coefficient (Wildman–Crippen LogP) is 3.66. The molecular formula is C22H18N4O5S. The van der Waals surface area contributed by atoms with Gasteiger partial charge < -0.3 is 18.7 Å². The molecule has 0 amide bonds. The van der Waals surface area contributed by atoms with Gasteiger partial charge in [0.05, 0.1) is 23.8 Å². The van der Waals surface area contributed by atoms with Crippen LogP contribution in [0.4, 0.5) is 0 Å². The molecule has 0 unspecified atom stereocenters. The Morgan fingerprint density at radius 2 is 2.06 bits per heavy atom. The SMILES string of the molecule is C=CCn1c(SCc2nc(-c3cccc(OC)c3)no2)nc2cc3c(cc2c1=O)OCO3. The normalized spacial score (nSPS) is 12.3. The van der Waals surface area contributed by atoms with E-state index < -0.39 is 0 Å². The highest BCUT2D eigenvalue weighted by molar-refractivity contribution is 7.98. The zero-order valence-electron chi connectivity index (χ0n) is 17.1. The molecule has 2 aromatic carbocycles. The molecule has 4 aromatic rings. The molecule has 1 aliphatic rings. The van der Waals surface area contributed by atoms with Crippen LogP contribution in [0, 0.1) is 0 Å². The summed E-state index contributed by atoms with van der Waals surface area (Å²) < 4.78 is 23.0. The number of ether oxygens (including phenoxy) is 3. The van der Waals surface area contributed by atoms with Crippen LogP contribution < -0.4 is 19.8 Å². The second-order valence-electron chi connectivity index (χ2n) is 6.85. The van der Waals surface area contributed by atoms with Crippen LogP contribution in [0.25, 0.3) is 22.3 Å². The average molecular weight is 450 g/mol. The largest absolute Gasteiger partial charge is 0.497 e. The summed E-state index contributed by atoms with van der Waals surface area (Å²) >= 11 is 1.33. The van der Waals surface area contributed by atoms with Gasteiger partial charge in [-0.2, -0.15) is 4.98 Å². The summed E-state index contributed by atoms with van der Waals surface area (Å²) in [4.78, 5) is 22.2. The zero-order valence-corrected chi connectivity index (χ0v) is 17.9. The van der Waals surface area contributed by atoms with Crippen LogP contribution in [0.2, 0.25) is 0 Å². The van der Waals surface area contributed by atoms with Crippen molar-refractivity contribution in [3.63, 3.8) is 0 Å². The van der Waals surface area contributed by atoms with Gasteiger partial charge in [-0.05, 0) is 18.2 Å². The lowest BCUT2D eigenvalue weighted by molar-refractivity contribution is 0.174. The monoisotopic (exact) mass is 450 g/mol. The molecule has 3 heterocycles. The molecule has 0 fully saturated rings. The van der Waals surface area contributed by atoms with Crippen LogP contribution in [-0.4, -0.2) is 33.6 Å². The number of benzene rings is 2. The third kappa shape index (κ3) is 3.69. The standard InChI is InChI=1S/C22H18N4O5S/c1-3-7-26-21(27)15-9-17-18(30-12-29-17)10-16(15)23-22(26)32-11-19-24-20(25-31-19)13-5-4-6-14(8-13)28-2/h3-6,8-10H,1,7,11-12H2,2H3. The number of aromatic nitrogens is 4. The maximum Gasteiger partial charge on any atom is 0.262 e. The lowest BCUT2D eigenvalue weighted by Gasteiger charge is -2.11. The van der Waals surface area contributed by atoms with Crippen LogP contribution in [0.1, 0.15) is 5.89 Å². The summed E-state index contributed by atoms with van der Waals surface area (Å²) in [5.41, 5.74) is 1.13. The number of thioether (sulfide) groups is 1. The van der Waals surface area contributed by atoms with Crippen molar-refractivity contribution < 1.29 is 18.7 Å². The van der Waals surface area contributed by atoms with Crippen molar-refractivity contribution in [3.8, 4) is 28.6 Å². The Kier molecular flexibility index (Phi) is 5.28. The van der Waals surface area contributed by atoms with Gasteiger partial charge in [0.25, 0.3) is 5.56 Å². The van der Waals surface area contributed by atoms with E-state index in [1.807, 2.05) is 24.3 Å². The van der Waals surface area contributed by atoms with Crippen LogP contribution >= 0.6 is 11.8 Å². The third-order valence-corrected chi connectivity index (χ3v) is 5.81. The molecule has 0 atom stereocenters.